The minimum atomic E-state index is -0.329. The molecule has 8 nitrogen and oxygen atoms in total. The molecule has 168 valence electrons. The molecule has 32 heavy (non-hydrogen) atoms. The lowest BCUT2D eigenvalue weighted by Gasteiger charge is -2.36. The third-order valence-electron chi connectivity index (χ3n) is 5.70. The Hall–Kier alpha value is -3.62. The van der Waals surface area contributed by atoms with Crippen LogP contribution in [0.15, 0.2) is 42.5 Å². The summed E-state index contributed by atoms with van der Waals surface area (Å²) in [6, 6.07) is 11.3. The smallest absolute Gasteiger partial charge is 0.265 e. The Morgan fingerprint density at radius 1 is 1.03 bits per heavy atom. The molecule has 2 aromatic carbocycles. The van der Waals surface area contributed by atoms with Crippen LogP contribution in [0, 0.1) is 5.82 Å². The zero-order valence-corrected chi connectivity index (χ0v) is 18.1. The minimum absolute atomic E-state index is 0.115. The van der Waals surface area contributed by atoms with Gasteiger partial charge in [0.25, 0.3) is 11.8 Å². The third kappa shape index (κ3) is 4.37. The number of fused-ring (bicyclic) bond motifs is 1. The van der Waals surface area contributed by atoms with Crippen molar-refractivity contribution in [2.24, 2.45) is 0 Å². The van der Waals surface area contributed by atoms with Crippen molar-refractivity contribution in [2.75, 3.05) is 63.2 Å². The molecule has 0 bridgehead atoms. The average molecular weight is 440 g/mol. The molecule has 2 aliphatic heterocycles. The molecule has 2 aliphatic rings. The third-order valence-corrected chi connectivity index (χ3v) is 5.70. The number of rotatable bonds is 4. The highest BCUT2D eigenvalue weighted by molar-refractivity contribution is 6.04. The Morgan fingerprint density at radius 3 is 2.38 bits per heavy atom. The highest BCUT2D eigenvalue weighted by Crippen LogP contribution is 2.33. The summed E-state index contributed by atoms with van der Waals surface area (Å²) in [6.45, 7) is 2.04. The van der Waals surface area contributed by atoms with Crippen LogP contribution in [0.4, 0.5) is 15.8 Å². The lowest BCUT2D eigenvalue weighted by molar-refractivity contribution is -0.130. The SMILES string of the molecule is CN(C)C(=O)CN1C(=O)COc2ccc(C(=O)N3CCN(c4ccc(F)cc4)CC3)cc21. The molecule has 1 fully saturated rings. The number of carbonyl (C=O) groups excluding carboxylic acids is 3. The van der Waals surface area contributed by atoms with Gasteiger partial charge >= 0.3 is 0 Å². The van der Waals surface area contributed by atoms with E-state index in [1.54, 1.807) is 49.3 Å². The highest BCUT2D eigenvalue weighted by atomic mass is 19.1. The lowest BCUT2D eigenvalue weighted by atomic mass is 10.1. The van der Waals surface area contributed by atoms with Crippen molar-refractivity contribution in [1.82, 2.24) is 9.80 Å². The second kappa shape index (κ2) is 8.86. The van der Waals surface area contributed by atoms with E-state index in [9.17, 15) is 18.8 Å². The zero-order chi connectivity index (χ0) is 22.8. The summed E-state index contributed by atoms with van der Waals surface area (Å²) in [5.74, 6) is -0.513. The Labute approximate surface area is 185 Å². The number of anilines is 2. The van der Waals surface area contributed by atoms with Crippen LogP contribution in [0.1, 0.15) is 10.4 Å². The molecule has 0 unspecified atom stereocenters. The molecule has 0 radical (unpaired) electrons. The van der Waals surface area contributed by atoms with Crippen molar-refractivity contribution in [3.63, 3.8) is 0 Å². The molecule has 2 heterocycles. The second-order valence-corrected chi connectivity index (χ2v) is 7.99. The van der Waals surface area contributed by atoms with E-state index in [0.29, 0.717) is 43.2 Å². The number of benzene rings is 2. The quantitative estimate of drug-likeness (QED) is 0.722. The fourth-order valence-corrected chi connectivity index (χ4v) is 3.79. The number of amides is 3. The summed E-state index contributed by atoms with van der Waals surface area (Å²) in [7, 11) is 3.25. The molecule has 0 spiro atoms. The number of carbonyl (C=O) groups is 3. The number of hydrogen-bond acceptors (Lipinski definition) is 5. The number of likely N-dealkylation sites (N-methyl/N-ethyl adjacent to an activating group) is 1. The van der Waals surface area contributed by atoms with Crippen molar-refractivity contribution >= 4 is 29.1 Å². The molecular formula is C23H25FN4O4. The largest absolute Gasteiger partial charge is 0.482 e. The standard InChI is InChI=1S/C23H25FN4O4/c1-25(2)21(29)14-28-19-13-16(3-8-20(19)32-15-22(28)30)23(31)27-11-9-26(10-12-27)18-6-4-17(24)5-7-18/h3-8,13H,9-12,14-15H2,1-2H3. The molecule has 3 amide bonds. The van der Waals surface area contributed by atoms with Gasteiger partial charge in [0.1, 0.15) is 18.1 Å². The molecule has 0 saturated carbocycles. The van der Waals surface area contributed by atoms with E-state index >= 15 is 0 Å². The van der Waals surface area contributed by atoms with E-state index in [-0.39, 0.29) is 36.7 Å². The molecule has 4 rings (SSSR count). The fraction of sp³-hybridized carbons (Fsp3) is 0.348. The van der Waals surface area contributed by atoms with Crippen molar-refractivity contribution in [2.45, 2.75) is 0 Å². The van der Waals surface area contributed by atoms with Crippen LogP contribution in [-0.2, 0) is 9.59 Å². The molecule has 0 atom stereocenters. The van der Waals surface area contributed by atoms with E-state index in [2.05, 4.69) is 4.90 Å². The summed E-state index contributed by atoms with van der Waals surface area (Å²) >= 11 is 0. The zero-order valence-electron chi connectivity index (χ0n) is 18.1. The van der Waals surface area contributed by atoms with Crippen LogP contribution < -0.4 is 14.5 Å². The molecule has 1 saturated heterocycles. The van der Waals surface area contributed by atoms with Gasteiger partial charge in [0.05, 0.1) is 5.69 Å². The van der Waals surface area contributed by atoms with Crippen LogP contribution in [-0.4, -0.2) is 80.9 Å². The van der Waals surface area contributed by atoms with Gasteiger partial charge in [0.15, 0.2) is 6.61 Å². The number of halogens is 1. The van der Waals surface area contributed by atoms with Crippen LogP contribution >= 0.6 is 0 Å². The van der Waals surface area contributed by atoms with Crippen LogP contribution in [0.2, 0.25) is 0 Å². The first-order valence-electron chi connectivity index (χ1n) is 10.4. The van der Waals surface area contributed by atoms with Crippen LogP contribution in [0.3, 0.4) is 0 Å². The summed E-state index contributed by atoms with van der Waals surface area (Å²) in [5, 5.41) is 0. The maximum Gasteiger partial charge on any atom is 0.265 e. The van der Waals surface area contributed by atoms with Crippen LogP contribution in [0.25, 0.3) is 0 Å². The van der Waals surface area contributed by atoms with Gasteiger partial charge in [-0.05, 0) is 42.5 Å². The van der Waals surface area contributed by atoms with E-state index < -0.39 is 0 Å². The first kappa shape index (κ1) is 21.6. The normalized spacial score (nSPS) is 15.8. The maximum atomic E-state index is 13.2. The number of nitrogens with zero attached hydrogens (tertiary/aromatic N) is 4. The monoisotopic (exact) mass is 440 g/mol. The predicted octanol–water partition coefficient (Wildman–Crippen LogP) is 1.60. The van der Waals surface area contributed by atoms with Gasteiger partial charge in [-0.3, -0.25) is 19.3 Å². The topological polar surface area (TPSA) is 73.4 Å². The average Bonchev–Trinajstić information content (AvgIpc) is 2.80. The van der Waals surface area contributed by atoms with Crippen molar-refractivity contribution < 1.29 is 23.5 Å². The van der Waals surface area contributed by atoms with E-state index in [1.807, 2.05) is 0 Å². The molecule has 2 aromatic rings. The van der Waals surface area contributed by atoms with Crippen molar-refractivity contribution in [3.8, 4) is 5.75 Å². The first-order valence-corrected chi connectivity index (χ1v) is 10.4. The van der Waals surface area contributed by atoms with Gasteiger partial charge in [-0.15, -0.1) is 0 Å². The minimum Gasteiger partial charge on any atom is -0.482 e. The number of ether oxygens (including phenoxy) is 1. The Kier molecular flexibility index (Phi) is 5.98. The fourth-order valence-electron chi connectivity index (χ4n) is 3.79. The maximum absolute atomic E-state index is 13.2. The summed E-state index contributed by atoms with van der Waals surface area (Å²) in [4.78, 5) is 44.4. The van der Waals surface area contributed by atoms with Gasteiger partial charge < -0.3 is 19.4 Å². The summed E-state index contributed by atoms with van der Waals surface area (Å²) in [6.07, 6.45) is 0. The van der Waals surface area contributed by atoms with Gasteiger partial charge in [0.2, 0.25) is 5.91 Å². The summed E-state index contributed by atoms with van der Waals surface area (Å²) < 4.78 is 18.6. The lowest BCUT2D eigenvalue weighted by Crippen LogP contribution is -2.49. The molecule has 0 aromatic heterocycles. The molecule has 0 N–H and O–H groups in total. The highest BCUT2D eigenvalue weighted by Gasteiger charge is 2.30. The Balaban J connectivity index is 1.48. The van der Waals surface area contributed by atoms with Gasteiger partial charge in [-0.25, -0.2) is 4.39 Å². The molecular weight excluding hydrogens is 415 g/mol. The predicted molar refractivity (Wildman–Crippen MR) is 118 cm³/mol. The van der Waals surface area contributed by atoms with E-state index in [4.69, 9.17) is 4.74 Å². The van der Waals surface area contributed by atoms with Gasteiger partial charge in [-0.1, -0.05) is 0 Å². The molecule has 9 heteroatoms. The van der Waals surface area contributed by atoms with Crippen LogP contribution in [0.5, 0.6) is 5.75 Å². The first-order chi connectivity index (χ1) is 15.3. The van der Waals surface area contributed by atoms with E-state index in [0.717, 1.165) is 5.69 Å². The second-order valence-electron chi connectivity index (χ2n) is 7.99. The Bertz CT molecular complexity index is 1030. The van der Waals surface area contributed by atoms with E-state index in [1.165, 1.54) is 21.9 Å². The Morgan fingerprint density at radius 2 is 1.72 bits per heavy atom. The number of hydrogen-bond donors (Lipinski definition) is 0. The molecule has 0 aliphatic carbocycles. The van der Waals surface area contributed by atoms with Gasteiger partial charge in [-0.2, -0.15) is 0 Å². The number of piperazine rings is 1. The summed E-state index contributed by atoms with van der Waals surface area (Å²) in [5.41, 5.74) is 1.77. The van der Waals surface area contributed by atoms with Crippen molar-refractivity contribution in [1.29, 1.82) is 0 Å². The van der Waals surface area contributed by atoms with Crippen molar-refractivity contribution in [3.05, 3.63) is 53.8 Å². The van der Waals surface area contributed by atoms with Gasteiger partial charge in [0, 0.05) is 51.5 Å².